The molecule has 156 valence electrons. The molecule has 0 aliphatic carbocycles. The highest BCUT2D eigenvalue weighted by Gasteiger charge is 2.10. The molecule has 9 heteroatoms. The van der Waals surface area contributed by atoms with Crippen LogP contribution in [-0.4, -0.2) is 37.1 Å². The number of halogens is 1. The highest BCUT2D eigenvalue weighted by atomic mass is 35.5. The Bertz CT molecular complexity index is 975. The third-order valence-corrected chi connectivity index (χ3v) is 4.17. The van der Waals surface area contributed by atoms with Crippen LogP contribution >= 0.6 is 11.6 Å². The number of hydrazone groups is 1. The molecular formula is C21H21ClN4O4. The Morgan fingerprint density at radius 2 is 1.93 bits per heavy atom. The number of carbonyl (C=O) groups is 3. The van der Waals surface area contributed by atoms with E-state index in [-0.39, 0.29) is 19.1 Å². The molecule has 3 amide bonds. The molecule has 0 bridgehead atoms. The summed E-state index contributed by atoms with van der Waals surface area (Å²) in [6.07, 6.45) is 2.80. The molecule has 0 aliphatic rings. The zero-order chi connectivity index (χ0) is 21.9. The lowest BCUT2D eigenvalue weighted by Gasteiger charge is -2.10. The van der Waals surface area contributed by atoms with Gasteiger partial charge < -0.3 is 15.4 Å². The molecule has 0 aliphatic heterocycles. The molecule has 3 N–H and O–H groups in total. The van der Waals surface area contributed by atoms with Gasteiger partial charge in [0, 0.05) is 17.3 Å². The SMILES string of the molecule is C=CCNC(=O)C(=O)N/N=C\c1cccc(OCC(=O)Nc2cccc(Cl)c2C)c1. The van der Waals surface area contributed by atoms with Crippen molar-refractivity contribution in [2.45, 2.75) is 6.92 Å². The van der Waals surface area contributed by atoms with Gasteiger partial charge in [0.25, 0.3) is 5.91 Å². The molecule has 30 heavy (non-hydrogen) atoms. The Labute approximate surface area is 178 Å². The number of ether oxygens (including phenoxy) is 1. The monoisotopic (exact) mass is 428 g/mol. The van der Waals surface area contributed by atoms with Gasteiger partial charge in [-0.1, -0.05) is 35.9 Å². The van der Waals surface area contributed by atoms with E-state index in [0.717, 1.165) is 5.56 Å². The average Bonchev–Trinajstić information content (AvgIpc) is 2.74. The van der Waals surface area contributed by atoms with Gasteiger partial charge in [-0.15, -0.1) is 6.58 Å². The third-order valence-electron chi connectivity index (χ3n) is 3.76. The maximum absolute atomic E-state index is 12.1. The van der Waals surface area contributed by atoms with Gasteiger partial charge in [-0.25, -0.2) is 5.43 Å². The lowest BCUT2D eigenvalue weighted by Crippen LogP contribution is -2.37. The van der Waals surface area contributed by atoms with Gasteiger partial charge in [-0.3, -0.25) is 14.4 Å². The fourth-order valence-electron chi connectivity index (χ4n) is 2.22. The summed E-state index contributed by atoms with van der Waals surface area (Å²) in [6, 6.07) is 12.0. The van der Waals surface area contributed by atoms with E-state index in [1.807, 2.05) is 6.92 Å². The fraction of sp³-hybridized carbons (Fsp3) is 0.143. The van der Waals surface area contributed by atoms with Crippen LogP contribution in [0.15, 0.2) is 60.2 Å². The van der Waals surface area contributed by atoms with Gasteiger partial charge in [-0.2, -0.15) is 5.10 Å². The zero-order valence-electron chi connectivity index (χ0n) is 16.3. The molecule has 0 fully saturated rings. The first-order valence-electron chi connectivity index (χ1n) is 8.90. The first-order valence-corrected chi connectivity index (χ1v) is 9.28. The van der Waals surface area contributed by atoms with Gasteiger partial charge >= 0.3 is 11.8 Å². The van der Waals surface area contributed by atoms with E-state index in [4.69, 9.17) is 16.3 Å². The lowest BCUT2D eigenvalue weighted by molar-refractivity contribution is -0.139. The van der Waals surface area contributed by atoms with Crippen molar-refractivity contribution in [2.75, 3.05) is 18.5 Å². The second-order valence-electron chi connectivity index (χ2n) is 6.02. The van der Waals surface area contributed by atoms with Crippen molar-refractivity contribution in [1.29, 1.82) is 0 Å². The Kier molecular flexibility index (Phi) is 8.58. The summed E-state index contributed by atoms with van der Waals surface area (Å²) in [5, 5.41) is 9.36. The summed E-state index contributed by atoms with van der Waals surface area (Å²) in [6.45, 7) is 5.23. The van der Waals surface area contributed by atoms with E-state index in [1.165, 1.54) is 12.3 Å². The number of amides is 3. The van der Waals surface area contributed by atoms with E-state index in [9.17, 15) is 14.4 Å². The third kappa shape index (κ3) is 7.06. The maximum Gasteiger partial charge on any atom is 0.329 e. The standard InChI is InChI=1S/C21H21ClN4O4/c1-3-10-23-20(28)21(29)26-24-12-15-6-4-7-16(11-15)30-13-19(27)25-18-9-5-8-17(22)14(18)2/h3-9,11-12H,1,10,13H2,2H3,(H,23,28)(H,25,27)(H,26,29)/b24-12-. The molecule has 0 aromatic heterocycles. The Morgan fingerprint density at radius 1 is 1.17 bits per heavy atom. The first-order chi connectivity index (χ1) is 14.4. The molecule has 0 spiro atoms. The molecule has 0 radical (unpaired) electrons. The number of rotatable bonds is 8. The van der Waals surface area contributed by atoms with Crippen molar-refractivity contribution in [1.82, 2.24) is 10.7 Å². The van der Waals surface area contributed by atoms with E-state index in [1.54, 1.807) is 42.5 Å². The van der Waals surface area contributed by atoms with Gasteiger partial charge in [-0.05, 0) is 42.3 Å². The van der Waals surface area contributed by atoms with Crippen LogP contribution in [0.1, 0.15) is 11.1 Å². The lowest BCUT2D eigenvalue weighted by atomic mass is 10.2. The van der Waals surface area contributed by atoms with Gasteiger partial charge in [0.1, 0.15) is 5.75 Å². The quantitative estimate of drug-likeness (QED) is 0.259. The maximum atomic E-state index is 12.1. The number of hydrogen-bond donors (Lipinski definition) is 3. The van der Waals surface area contributed by atoms with Crippen molar-refractivity contribution in [3.05, 3.63) is 71.3 Å². The smallest absolute Gasteiger partial charge is 0.329 e. The zero-order valence-corrected chi connectivity index (χ0v) is 17.0. The van der Waals surface area contributed by atoms with Crippen molar-refractivity contribution in [3.63, 3.8) is 0 Å². The molecule has 8 nitrogen and oxygen atoms in total. The van der Waals surface area contributed by atoms with Crippen molar-refractivity contribution in [2.24, 2.45) is 5.10 Å². The van der Waals surface area contributed by atoms with E-state index >= 15 is 0 Å². The van der Waals surface area contributed by atoms with Gasteiger partial charge in [0.2, 0.25) is 0 Å². The summed E-state index contributed by atoms with van der Waals surface area (Å²) in [5.41, 5.74) is 4.10. The van der Waals surface area contributed by atoms with Crippen LogP contribution in [0.3, 0.4) is 0 Å². The minimum absolute atomic E-state index is 0.180. The Hall–Kier alpha value is -3.65. The highest BCUT2D eigenvalue weighted by molar-refractivity contribution is 6.35. The summed E-state index contributed by atoms with van der Waals surface area (Å²) in [7, 11) is 0. The molecule has 0 saturated heterocycles. The van der Waals surface area contributed by atoms with Crippen LogP contribution in [-0.2, 0) is 14.4 Å². The number of nitrogens with one attached hydrogen (secondary N) is 3. The van der Waals surface area contributed by atoms with Crippen molar-refractivity contribution < 1.29 is 19.1 Å². The van der Waals surface area contributed by atoms with E-state index in [2.05, 4.69) is 27.7 Å². The Morgan fingerprint density at radius 3 is 2.70 bits per heavy atom. The predicted octanol–water partition coefficient (Wildman–Crippen LogP) is 2.42. The second-order valence-corrected chi connectivity index (χ2v) is 6.43. The van der Waals surface area contributed by atoms with Gasteiger partial charge in [0.15, 0.2) is 6.61 Å². The second kappa shape index (κ2) is 11.4. The van der Waals surface area contributed by atoms with Crippen LogP contribution in [0, 0.1) is 6.92 Å². The van der Waals surface area contributed by atoms with Crippen LogP contribution < -0.4 is 20.8 Å². The fourth-order valence-corrected chi connectivity index (χ4v) is 2.40. The first kappa shape index (κ1) is 22.6. The van der Waals surface area contributed by atoms with Crippen LogP contribution in [0.25, 0.3) is 0 Å². The number of benzene rings is 2. The van der Waals surface area contributed by atoms with Crippen LogP contribution in [0.2, 0.25) is 5.02 Å². The topological polar surface area (TPSA) is 109 Å². The number of nitrogens with zero attached hydrogens (tertiary/aromatic N) is 1. The number of hydrogen-bond acceptors (Lipinski definition) is 5. The molecule has 2 rings (SSSR count). The minimum Gasteiger partial charge on any atom is -0.484 e. The van der Waals surface area contributed by atoms with Crippen molar-refractivity contribution in [3.8, 4) is 5.75 Å². The van der Waals surface area contributed by atoms with Gasteiger partial charge in [0.05, 0.1) is 6.21 Å². The normalized spacial score (nSPS) is 10.3. The molecule has 2 aromatic rings. The summed E-state index contributed by atoms with van der Waals surface area (Å²) in [4.78, 5) is 35.1. The summed E-state index contributed by atoms with van der Waals surface area (Å²) in [5.74, 6) is -1.61. The molecule has 0 atom stereocenters. The molecule has 0 saturated carbocycles. The molecule has 0 unspecified atom stereocenters. The average molecular weight is 429 g/mol. The highest BCUT2D eigenvalue weighted by Crippen LogP contribution is 2.22. The largest absolute Gasteiger partial charge is 0.484 e. The van der Waals surface area contributed by atoms with Crippen LogP contribution in [0.4, 0.5) is 5.69 Å². The molecule has 2 aromatic carbocycles. The summed E-state index contributed by atoms with van der Waals surface area (Å²) >= 11 is 6.04. The summed E-state index contributed by atoms with van der Waals surface area (Å²) < 4.78 is 5.49. The van der Waals surface area contributed by atoms with Crippen LogP contribution in [0.5, 0.6) is 5.75 Å². The van der Waals surface area contributed by atoms with E-state index in [0.29, 0.717) is 22.0 Å². The molecular weight excluding hydrogens is 408 g/mol. The van der Waals surface area contributed by atoms with E-state index < -0.39 is 11.8 Å². The minimum atomic E-state index is -0.895. The predicted molar refractivity (Wildman–Crippen MR) is 116 cm³/mol. The molecule has 0 heterocycles. The number of anilines is 1. The van der Waals surface area contributed by atoms with Crippen molar-refractivity contribution >= 4 is 41.2 Å². The number of carbonyl (C=O) groups excluding carboxylic acids is 3. The Balaban J connectivity index is 1.87.